The molecule has 1 aliphatic rings. The van der Waals surface area contributed by atoms with Crippen molar-refractivity contribution in [2.75, 3.05) is 0 Å². The van der Waals surface area contributed by atoms with Crippen LogP contribution in [-0.2, 0) is 32.3 Å². The number of hydrogen-bond acceptors (Lipinski definition) is 0. The van der Waals surface area contributed by atoms with E-state index in [4.69, 9.17) is 0 Å². The Morgan fingerprint density at radius 3 is 1.59 bits per heavy atom. The largest absolute Gasteiger partial charge is 2.00 e. The third-order valence-corrected chi connectivity index (χ3v) is 2.74. The third kappa shape index (κ3) is 3.39. The van der Waals surface area contributed by atoms with Gasteiger partial charge in [-0.05, 0) is 34.7 Å². The number of rotatable bonds is 0. The Morgan fingerprint density at radius 1 is 0.765 bits per heavy atom. The predicted molar refractivity (Wildman–Crippen MR) is 73.4 cm³/mol. The van der Waals surface area contributed by atoms with Gasteiger partial charge < -0.3 is 13.8 Å². The Hall–Kier alpha value is -0.677. The number of benzene rings is 2. The second kappa shape index (κ2) is 8.42. The topological polar surface area (TPSA) is 0 Å². The maximum atomic E-state index is 3.25. The maximum Gasteiger partial charge on any atom is 2.00 e. The normalized spacial score (nSPS) is 10.6. The van der Waals surface area contributed by atoms with Gasteiger partial charge in [0.05, 0.1) is 0 Å². The summed E-state index contributed by atoms with van der Waals surface area (Å²) >= 11 is 0. The summed E-state index contributed by atoms with van der Waals surface area (Å²) in [7, 11) is 0. The first kappa shape index (κ1) is 16.3. The van der Waals surface area contributed by atoms with Crippen molar-refractivity contribution in [3.05, 3.63) is 61.4 Å². The summed E-state index contributed by atoms with van der Waals surface area (Å²) in [5.74, 6) is 0. The molecule has 0 saturated heterocycles. The molecule has 0 amide bonds. The van der Waals surface area contributed by atoms with Crippen molar-refractivity contribution in [3.8, 4) is 0 Å². The maximum absolute atomic E-state index is 3.25. The van der Waals surface area contributed by atoms with E-state index in [1.807, 2.05) is 0 Å². The molecule has 2 aromatic rings. The van der Waals surface area contributed by atoms with Crippen LogP contribution in [0.15, 0.2) is 36.4 Å². The second-order valence-corrected chi connectivity index (χ2v) is 3.43. The van der Waals surface area contributed by atoms with Crippen LogP contribution in [0.4, 0.5) is 0 Å². The van der Waals surface area contributed by atoms with Crippen LogP contribution < -0.4 is 0 Å². The Labute approximate surface area is 118 Å². The van der Waals surface area contributed by atoms with E-state index in [0.717, 1.165) is 0 Å². The molecule has 0 heterocycles. The van der Waals surface area contributed by atoms with Crippen LogP contribution in [0.5, 0.6) is 0 Å². The molecular weight excluding hydrogens is 258 g/mol. The molecule has 1 aliphatic carbocycles. The average Bonchev–Trinajstić information content (AvgIpc) is 2.81. The minimum absolute atomic E-state index is 0. The van der Waals surface area contributed by atoms with Crippen molar-refractivity contribution >= 4 is 10.8 Å². The summed E-state index contributed by atoms with van der Waals surface area (Å²) in [5.41, 5.74) is 3.06. The molecule has 0 fully saturated rings. The predicted octanol–water partition coefficient (Wildman–Crippen LogP) is 4.62. The van der Waals surface area contributed by atoms with Gasteiger partial charge in [-0.2, -0.15) is 13.8 Å². The molecule has 0 bridgehead atoms. The zero-order valence-electron chi connectivity index (χ0n) is 11.0. The Kier molecular flexibility index (Phi) is 8.08. The van der Waals surface area contributed by atoms with Crippen molar-refractivity contribution in [1.29, 1.82) is 0 Å². The van der Waals surface area contributed by atoms with Crippen LogP contribution in [0.25, 0.3) is 10.8 Å². The summed E-state index contributed by atoms with van der Waals surface area (Å²) in [5, 5.41) is 2.92. The van der Waals surface area contributed by atoms with Gasteiger partial charge in [0.15, 0.2) is 0 Å². The molecule has 0 atom stereocenters. The van der Waals surface area contributed by atoms with Crippen LogP contribution in [0.1, 0.15) is 25.0 Å². The molecule has 17 heavy (non-hydrogen) atoms. The smallest absolute Gasteiger partial charge is 0.346 e. The van der Waals surface area contributed by atoms with Crippen LogP contribution >= 0.6 is 0 Å². The van der Waals surface area contributed by atoms with Crippen molar-refractivity contribution in [2.45, 2.75) is 26.7 Å². The van der Waals surface area contributed by atoms with Crippen molar-refractivity contribution in [1.82, 2.24) is 0 Å². The Bertz CT molecular complexity index is 407. The standard InChI is InChI=1S/C12H10.2C2H5.Zn/c1-3-9-4-2-6-11-8-7-10(5-1)12(9)11;2*1-2;/h1-6H,7-8H2;2*1H2,2H3;/q;2*-1;+2. The molecule has 0 unspecified atom stereocenters. The summed E-state index contributed by atoms with van der Waals surface area (Å²) in [6.45, 7) is 10.0. The Morgan fingerprint density at radius 2 is 1.18 bits per heavy atom. The van der Waals surface area contributed by atoms with Gasteiger partial charge in [0.2, 0.25) is 0 Å². The van der Waals surface area contributed by atoms with Crippen molar-refractivity contribution in [2.24, 2.45) is 0 Å². The van der Waals surface area contributed by atoms with Gasteiger partial charge in [0.1, 0.15) is 0 Å². The number of hydrogen-bond donors (Lipinski definition) is 0. The van der Waals surface area contributed by atoms with E-state index < -0.39 is 0 Å². The zero-order chi connectivity index (χ0) is 12.0. The molecule has 0 aromatic heterocycles. The second-order valence-electron chi connectivity index (χ2n) is 3.43. The molecule has 0 spiro atoms. The van der Waals surface area contributed by atoms with E-state index in [9.17, 15) is 0 Å². The van der Waals surface area contributed by atoms with Gasteiger partial charge in [-0.3, -0.25) is 0 Å². The van der Waals surface area contributed by atoms with Crippen LogP contribution in [0, 0.1) is 13.8 Å². The van der Waals surface area contributed by atoms with E-state index in [2.05, 4.69) is 50.2 Å². The van der Waals surface area contributed by atoms with Gasteiger partial charge in [-0.25, -0.2) is 0 Å². The molecular formula is C16H20Zn. The molecule has 3 rings (SSSR count). The van der Waals surface area contributed by atoms with Gasteiger partial charge in [0.25, 0.3) is 0 Å². The first-order valence-electron chi connectivity index (χ1n) is 5.86. The monoisotopic (exact) mass is 276 g/mol. The molecule has 0 N–H and O–H groups in total. The molecule has 1 heteroatoms. The van der Waals surface area contributed by atoms with Crippen molar-refractivity contribution in [3.63, 3.8) is 0 Å². The molecule has 2 aromatic carbocycles. The van der Waals surface area contributed by atoms with E-state index in [0.29, 0.717) is 0 Å². The summed E-state index contributed by atoms with van der Waals surface area (Å²) in [4.78, 5) is 0. The minimum Gasteiger partial charge on any atom is -0.346 e. The van der Waals surface area contributed by atoms with E-state index >= 15 is 0 Å². The van der Waals surface area contributed by atoms with Crippen LogP contribution in [0.3, 0.4) is 0 Å². The number of aryl methyl sites for hydroxylation is 2. The summed E-state index contributed by atoms with van der Waals surface area (Å²) in [6.07, 6.45) is 2.47. The average molecular weight is 278 g/mol. The van der Waals surface area contributed by atoms with Gasteiger partial charge >= 0.3 is 19.5 Å². The minimum atomic E-state index is 0. The van der Waals surface area contributed by atoms with Gasteiger partial charge in [-0.15, -0.1) is 0 Å². The van der Waals surface area contributed by atoms with Gasteiger partial charge in [0, 0.05) is 0 Å². The van der Waals surface area contributed by atoms with Crippen LogP contribution in [0.2, 0.25) is 0 Å². The van der Waals surface area contributed by atoms with E-state index in [1.165, 1.54) is 34.7 Å². The SMILES string of the molecule is [CH2-]C.[CH2-]C.[Zn+2].c1cc2c3c(cccc3c1)CC2. The molecule has 0 nitrogen and oxygen atoms in total. The van der Waals surface area contributed by atoms with E-state index in [-0.39, 0.29) is 19.5 Å². The fourth-order valence-corrected chi connectivity index (χ4v) is 2.19. The van der Waals surface area contributed by atoms with E-state index in [1.54, 1.807) is 13.8 Å². The third-order valence-electron chi connectivity index (χ3n) is 2.74. The molecule has 0 radical (unpaired) electrons. The molecule has 86 valence electrons. The Balaban J connectivity index is 0.000000469. The quantitative estimate of drug-likeness (QED) is 0.487. The first-order chi connectivity index (χ1) is 7.95. The molecule has 0 saturated carbocycles. The summed E-state index contributed by atoms with van der Waals surface area (Å²) in [6, 6.07) is 13.2. The van der Waals surface area contributed by atoms with Crippen LogP contribution in [-0.4, -0.2) is 0 Å². The van der Waals surface area contributed by atoms with Gasteiger partial charge in [-0.1, -0.05) is 36.4 Å². The molecule has 0 aliphatic heterocycles. The fraction of sp³-hybridized carbons (Fsp3) is 0.250. The summed E-state index contributed by atoms with van der Waals surface area (Å²) < 4.78 is 0. The fourth-order valence-electron chi connectivity index (χ4n) is 2.19. The van der Waals surface area contributed by atoms with Crippen molar-refractivity contribution < 1.29 is 19.5 Å². The zero-order valence-corrected chi connectivity index (χ0v) is 14.0. The first-order valence-corrected chi connectivity index (χ1v) is 5.86.